The second-order valence-corrected chi connectivity index (χ2v) is 7.77. The zero-order chi connectivity index (χ0) is 20.9. The highest BCUT2D eigenvalue weighted by Crippen LogP contribution is 2.23. The number of likely N-dealkylation sites (tertiary alicyclic amines) is 1. The lowest BCUT2D eigenvalue weighted by Gasteiger charge is -2.26. The topological polar surface area (TPSA) is 75.9 Å². The molecule has 1 aliphatic rings. The van der Waals surface area contributed by atoms with E-state index in [0.29, 0.717) is 5.95 Å². The van der Waals surface area contributed by atoms with Gasteiger partial charge in [-0.05, 0) is 43.7 Å². The summed E-state index contributed by atoms with van der Waals surface area (Å²) in [5.41, 5.74) is 5.06. The van der Waals surface area contributed by atoms with Crippen molar-refractivity contribution < 1.29 is 4.79 Å². The van der Waals surface area contributed by atoms with Crippen LogP contribution >= 0.6 is 0 Å². The first-order valence-electron chi connectivity index (χ1n) is 10.6. The molecule has 0 atom stereocenters. The molecule has 0 radical (unpaired) electrons. The number of anilines is 2. The van der Waals surface area contributed by atoms with Crippen molar-refractivity contribution in [3.8, 4) is 11.3 Å². The Kier molecular flexibility index (Phi) is 6.07. The molecule has 0 bridgehead atoms. The fraction of sp³-hybridized carbons (Fsp3) is 0.391. The largest absolute Gasteiger partial charge is 0.341 e. The molecule has 0 unspecified atom stereocenters. The Morgan fingerprint density at radius 2 is 1.87 bits per heavy atom. The predicted molar refractivity (Wildman–Crippen MR) is 118 cm³/mol. The lowest BCUT2D eigenvalue weighted by molar-refractivity contribution is -0.132. The first-order valence-corrected chi connectivity index (χ1v) is 10.6. The summed E-state index contributed by atoms with van der Waals surface area (Å²) in [6, 6.07) is 8.46. The minimum atomic E-state index is 0.119. The van der Waals surface area contributed by atoms with Gasteiger partial charge in [-0.25, -0.2) is 9.97 Å². The van der Waals surface area contributed by atoms with E-state index in [1.54, 1.807) is 10.9 Å². The van der Waals surface area contributed by atoms with Crippen LogP contribution in [0, 0.1) is 6.92 Å². The third-order valence-electron chi connectivity index (χ3n) is 5.50. The van der Waals surface area contributed by atoms with E-state index in [1.807, 2.05) is 24.2 Å². The summed E-state index contributed by atoms with van der Waals surface area (Å²) in [6.07, 6.45) is 9.74. The monoisotopic (exact) mass is 404 g/mol. The molecule has 1 fully saturated rings. The molecule has 4 rings (SSSR count). The first kappa shape index (κ1) is 20.1. The smallest absolute Gasteiger partial charge is 0.244 e. The number of aryl methyl sites for hydroxylation is 2. The molecule has 7 nitrogen and oxygen atoms in total. The molecule has 0 aliphatic carbocycles. The van der Waals surface area contributed by atoms with Crippen molar-refractivity contribution in [2.45, 2.75) is 46.1 Å². The van der Waals surface area contributed by atoms with Crippen LogP contribution < -0.4 is 5.32 Å². The minimum Gasteiger partial charge on any atom is -0.341 e. The SMILES string of the molecule is CCc1ccc(-c2nc(Nc3cnn(CC(=O)N4CCCCC4)c3)ncc2C)cc1. The Bertz CT molecular complexity index is 1000. The van der Waals surface area contributed by atoms with Gasteiger partial charge in [-0.15, -0.1) is 0 Å². The number of piperidine rings is 1. The first-order chi connectivity index (χ1) is 14.6. The molecule has 1 aliphatic heterocycles. The normalized spacial score (nSPS) is 14.0. The maximum absolute atomic E-state index is 12.4. The second kappa shape index (κ2) is 9.07. The molecule has 1 amide bonds. The van der Waals surface area contributed by atoms with Crippen molar-refractivity contribution in [1.82, 2.24) is 24.6 Å². The Morgan fingerprint density at radius 3 is 2.60 bits per heavy atom. The molecule has 0 spiro atoms. The molecule has 0 saturated carbocycles. The molecule has 156 valence electrons. The highest BCUT2D eigenvalue weighted by Gasteiger charge is 2.17. The van der Waals surface area contributed by atoms with Gasteiger partial charge in [0, 0.05) is 31.0 Å². The molecule has 1 N–H and O–H groups in total. The van der Waals surface area contributed by atoms with Gasteiger partial charge < -0.3 is 10.2 Å². The van der Waals surface area contributed by atoms with E-state index in [2.05, 4.69) is 46.6 Å². The fourth-order valence-corrected chi connectivity index (χ4v) is 3.72. The molecule has 1 aromatic carbocycles. The highest BCUT2D eigenvalue weighted by molar-refractivity contribution is 5.76. The zero-order valence-corrected chi connectivity index (χ0v) is 17.6. The summed E-state index contributed by atoms with van der Waals surface area (Å²) >= 11 is 0. The standard InChI is InChI=1S/C23H28N6O/c1-3-18-7-9-19(10-8-18)22-17(2)13-24-23(27-22)26-20-14-25-29(15-20)16-21(30)28-11-5-4-6-12-28/h7-10,13-15H,3-6,11-12,16H2,1-2H3,(H,24,26,27). The molecule has 7 heteroatoms. The van der Waals surface area contributed by atoms with Crippen LogP contribution in [0.1, 0.15) is 37.3 Å². The van der Waals surface area contributed by atoms with Crippen LogP contribution in [0.15, 0.2) is 42.9 Å². The van der Waals surface area contributed by atoms with Gasteiger partial charge in [0.15, 0.2) is 0 Å². The van der Waals surface area contributed by atoms with Gasteiger partial charge in [0.1, 0.15) is 6.54 Å². The zero-order valence-electron chi connectivity index (χ0n) is 17.6. The minimum absolute atomic E-state index is 0.119. The Morgan fingerprint density at radius 1 is 1.10 bits per heavy atom. The Labute approximate surface area is 177 Å². The number of carbonyl (C=O) groups excluding carboxylic acids is 1. The van der Waals surface area contributed by atoms with E-state index in [1.165, 1.54) is 12.0 Å². The number of rotatable bonds is 6. The number of amides is 1. The summed E-state index contributed by atoms with van der Waals surface area (Å²) in [4.78, 5) is 23.5. The average Bonchev–Trinajstić information content (AvgIpc) is 3.22. The van der Waals surface area contributed by atoms with Gasteiger partial charge in [-0.3, -0.25) is 9.48 Å². The molecule has 3 heterocycles. The van der Waals surface area contributed by atoms with Crippen molar-refractivity contribution in [2.75, 3.05) is 18.4 Å². The van der Waals surface area contributed by atoms with E-state index in [4.69, 9.17) is 4.98 Å². The Balaban J connectivity index is 1.45. The van der Waals surface area contributed by atoms with Crippen molar-refractivity contribution in [1.29, 1.82) is 0 Å². The van der Waals surface area contributed by atoms with Crippen molar-refractivity contribution in [2.24, 2.45) is 0 Å². The molecular weight excluding hydrogens is 376 g/mol. The number of aromatic nitrogens is 4. The van der Waals surface area contributed by atoms with Gasteiger partial charge in [0.25, 0.3) is 0 Å². The number of carbonyl (C=O) groups is 1. The van der Waals surface area contributed by atoms with Crippen molar-refractivity contribution in [3.05, 3.63) is 54.0 Å². The van der Waals surface area contributed by atoms with Gasteiger partial charge in [-0.2, -0.15) is 5.10 Å². The molecule has 1 saturated heterocycles. The molecule has 30 heavy (non-hydrogen) atoms. The van der Waals surface area contributed by atoms with Crippen LogP contribution in [0.25, 0.3) is 11.3 Å². The van der Waals surface area contributed by atoms with Gasteiger partial charge in [-0.1, -0.05) is 31.2 Å². The van der Waals surface area contributed by atoms with Crippen LogP contribution in [0.2, 0.25) is 0 Å². The van der Waals surface area contributed by atoms with E-state index in [9.17, 15) is 4.79 Å². The molecule has 2 aromatic heterocycles. The number of hydrogen-bond donors (Lipinski definition) is 1. The van der Waals surface area contributed by atoms with Crippen LogP contribution in [0.3, 0.4) is 0 Å². The number of nitrogens with one attached hydrogen (secondary N) is 1. The second-order valence-electron chi connectivity index (χ2n) is 7.77. The van der Waals surface area contributed by atoms with Crippen LogP contribution in [-0.2, 0) is 17.8 Å². The summed E-state index contributed by atoms with van der Waals surface area (Å²) < 4.78 is 1.66. The van der Waals surface area contributed by atoms with E-state index in [0.717, 1.165) is 54.9 Å². The third-order valence-corrected chi connectivity index (χ3v) is 5.50. The van der Waals surface area contributed by atoms with Gasteiger partial charge in [0.05, 0.1) is 17.6 Å². The van der Waals surface area contributed by atoms with E-state index in [-0.39, 0.29) is 12.5 Å². The molecular formula is C23H28N6O. The van der Waals surface area contributed by atoms with Crippen LogP contribution in [0.4, 0.5) is 11.6 Å². The maximum Gasteiger partial charge on any atom is 0.244 e. The van der Waals surface area contributed by atoms with Crippen molar-refractivity contribution in [3.63, 3.8) is 0 Å². The van der Waals surface area contributed by atoms with Gasteiger partial charge >= 0.3 is 0 Å². The number of benzene rings is 1. The lowest BCUT2D eigenvalue weighted by atomic mass is 10.1. The third kappa shape index (κ3) is 4.67. The Hall–Kier alpha value is -3.22. The summed E-state index contributed by atoms with van der Waals surface area (Å²) in [7, 11) is 0. The average molecular weight is 405 g/mol. The van der Waals surface area contributed by atoms with Crippen LogP contribution in [0.5, 0.6) is 0 Å². The fourth-order valence-electron chi connectivity index (χ4n) is 3.72. The molecule has 3 aromatic rings. The maximum atomic E-state index is 12.4. The number of hydrogen-bond acceptors (Lipinski definition) is 5. The van der Waals surface area contributed by atoms with Crippen LogP contribution in [-0.4, -0.2) is 43.6 Å². The summed E-state index contributed by atoms with van der Waals surface area (Å²) in [5, 5.41) is 7.52. The van der Waals surface area contributed by atoms with E-state index >= 15 is 0 Å². The summed E-state index contributed by atoms with van der Waals surface area (Å²) in [5.74, 6) is 0.630. The number of nitrogens with zero attached hydrogens (tertiary/aromatic N) is 5. The van der Waals surface area contributed by atoms with Gasteiger partial charge in [0.2, 0.25) is 11.9 Å². The quantitative estimate of drug-likeness (QED) is 0.673. The summed E-state index contributed by atoms with van der Waals surface area (Å²) in [6.45, 7) is 6.12. The highest BCUT2D eigenvalue weighted by atomic mass is 16.2. The van der Waals surface area contributed by atoms with Crippen molar-refractivity contribution >= 4 is 17.5 Å². The predicted octanol–water partition coefficient (Wildman–Crippen LogP) is 3.97. The lowest BCUT2D eigenvalue weighted by Crippen LogP contribution is -2.37. The van der Waals surface area contributed by atoms with E-state index < -0.39 is 0 Å².